The van der Waals surface area contributed by atoms with Crippen LogP contribution < -0.4 is 10.6 Å². The number of imide groups is 1. The van der Waals surface area contributed by atoms with Crippen LogP contribution in [-0.4, -0.2) is 109 Å². The van der Waals surface area contributed by atoms with Gasteiger partial charge in [0.1, 0.15) is 17.2 Å². The van der Waals surface area contributed by atoms with Crippen LogP contribution in [0, 0.1) is 0 Å². The summed E-state index contributed by atoms with van der Waals surface area (Å²) < 4.78 is -1.73. The highest BCUT2D eigenvalue weighted by atomic mass is 32.2. The smallest absolute Gasteiger partial charge is 0.332 e. The first kappa shape index (κ1) is 28.4. The maximum Gasteiger partial charge on any atom is 0.332 e. The van der Waals surface area contributed by atoms with Crippen molar-refractivity contribution in [3.8, 4) is 0 Å². The van der Waals surface area contributed by atoms with Crippen LogP contribution >= 0.6 is 23.5 Å². The molecule has 3 aliphatic heterocycles. The number of aliphatic hydroxyl groups is 1. The molecule has 39 heavy (non-hydrogen) atoms. The van der Waals surface area contributed by atoms with Crippen molar-refractivity contribution in [3.63, 3.8) is 0 Å². The number of nitrogens with one attached hydrogen (secondary N) is 2. The number of carboxylic acids is 1. The number of carboxylic acid groups (broad SMARTS) is 1. The predicted molar refractivity (Wildman–Crippen MR) is 141 cm³/mol. The number of aliphatic carboxylic acids is 1. The summed E-state index contributed by atoms with van der Waals surface area (Å²) in [7, 11) is 0. The van der Waals surface area contributed by atoms with Crippen LogP contribution in [0.5, 0.6) is 0 Å². The Kier molecular flexibility index (Phi) is 8.23. The summed E-state index contributed by atoms with van der Waals surface area (Å²) in [6.07, 6.45) is 1.51. The van der Waals surface area contributed by atoms with E-state index in [1.165, 1.54) is 11.2 Å². The average molecular weight is 578 g/mol. The third kappa shape index (κ3) is 4.74. The number of rotatable bonds is 8. The van der Waals surface area contributed by atoms with E-state index >= 15 is 0 Å². The van der Waals surface area contributed by atoms with E-state index in [2.05, 4.69) is 10.6 Å². The van der Waals surface area contributed by atoms with Gasteiger partial charge in [-0.05, 0) is 18.7 Å². The number of hydrogen-bond acceptors (Lipinski definition) is 9. The van der Waals surface area contributed by atoms with Crippen LogP contribution in [0.15, 0.2) is 41.7 Å². The van der Waals surface area contributed by atoms with Gasteiger partial charge in [0, 0.05) is 31.0 Å². The quantitative estimate of drug-likeness (QED) is 0.180. The first-order valence-electron chi connectivity index (χ1n) is 12.0. The number of benzene rings is 1. The first-order valence-corrected chi connectivity index (χ1v) is 14.2. The third-order valence-corrected chi connectivity index (χ3v) is 9.54. The van der Waals surface area contributed by atoms with Gasteiger partial charge < -0.3 is 25.7 Å². The van der Waals surface area contributed by atoms with Gasteiger partial charge in [0.15, 0.2) is 0 Å². The second-order valence-electron chi connectivity index (χ2n) is 8.82. The Labute approximate surface area is 231 Å². The SMILES string of the molecule is CCN1CCN(C(=O)NC(C(=O)NC2=C(CO)CS[C@@H]3N2C(=O)[C@@]3(SC)C(=O)O)c2ccccc2)C(=O)C1=O. The average Bonchev–Trinajstić information content (AvgIpc) is 2.93. The van der Waals surface area contributed by atoms with E-state index in [0.29, 0.717) is 17.7 Å². The summed E-state index contributed by atoms with van der Waals surface area (Å²) in [5.74, 6) is -4.56. The molecule has 4 rings (SSSR count). The molecule has 0 aromatic heterocycles. The number of aliphatic hydroxyl groups excluding tert-OH is 1. The lowest BCUT2D eigenvalue weighted by atomic mass is 9.95. The van der Waals surface area contributed by atoms with Crippen molar-refractivity contribution in [3.05, 3.63) is 47.3 Å². The monoisotopic (exact) mass is 577 g/mol. The molecule has 1 unspecified atom stereocenters. The topological polar surface area (TPSA) is 177 Å². The summed E-state index contributed by atoms with van der Waals surface area (Å²) in [5.41, 5.74) is 0.647. The summed E-state index contributed by atoms with van der Waals surface area (Å²) in [6, 6.07) is 5.83. The van der Waals surface area contributed by atoms with Gasteiger partial charge in [0.2, 0.25) is 4.75 Å². The van der Waals surface area contributed by atoms with E-state index in [1.807, 2.05) is 0 Å². The second-order valence-corrected chi connectivity index (χ2v) is 10.9. The van der Waals surface area contributed by atoms with E-state index in [4.69, 9.17) is 0 Å². The van der Waals surface area contributed by atoms with Crippen LogP contribution in [-0.2, 0) is 24.0 Å². The molecule has 3 heterocycles. The van der Waals surface area contributed by atoms with Crippen molar-refractivity contribution in [2.45, 2.75) is 23.1 Å². The molecule has 1 aromatic carbocycles. The Balaban J connectivity index is 1.60. The van der Waals surface area contributed by atoms with Gasteiger partial charge in [0.05, 0.1) is 6.61 Å². The van der Waals surface area contributed by atoms with Crippen molar-refractivity contribution >= 4 is 59.2 Å². The molecule has 0 radical (unpaired) electrons. The molecule has 3 aliphatic rings. The molecule has 6 amide bonds. The van der Waals surface area contributed by atoms with E-state index in [-0.39, 0.29) is 24.7 Å². The van der Waals surface area contributed by atoms with Gasteiger partial charge in [0.25, 0.3) is 11.8 Å². The van der Waals surface area contributed by atoms with Gasteiger partial charge in [-0.15, -0.1) is 23.5 Å². The largest absolute Gasteiger partial charge is 0.480 e. The maximum absolute atomic E-state index is 13.6. The molecule has 13 nitrogen and oxygen atoms in total. The lowest BCUT2D eigenvalue weighted by molar-refractivity contribution is -0.158. The fourth-order valence-electron chi connectivity index (χ4n) is 4.58. The standard InChI is InChI=1S/C24H27N5O8S2/c1-3-27-9-10-28(19(33)18(27)32)23(37)25-15(13-7-5-4-6-8-13)17(31)26-16-14(11-30)12-39-21-24(38-2,22(35)36)20(34)29(16)21/h4-8,15,21,30H,3,9-12H2,1-2H3,(H,25,37)(H,26,31)(H,35,36)/t15?,21-,24-/m0/s1. The van der Waals surface area contributed by atoms with Crippen molar-refractivity contribution in [1.29, 1.82) is 0 Å². The molecule has 0 saturated carbocycles. The third-order valence-electron chi connectivity index (χ3n) is 6.78. The second kappa shape index (κ2) is 11.3. The van der Waals surface area contributed by atoms with E-state index < -0.39 is 58.4 Å². The van der Waals surface area contributed by atoms with Crippen molar-refractivity contribution in [2.24, 2.45) is 0 Å². The van der Waals surface area contributed by atoms with Gasteiger partial charge >= 0.3 is 23.8 Å². The van der Waals surface area contributed by atoms with Crippen LogP contribution in [0.4, 0.5) is 4.79 Å². The highest BCUT2D eigenvalue weighted by Crippen LogP contribution is 2.51. The Morgan fingerprint density at radius 1 is 1.15 bits per heavy atom. The summed E-state index contributed by atoms with van der Waals surface area (Å²) in [6.45, 7) is 1.62. The van der Waals surface area contributed by atoms with Crippen LogP contribution in [0.1, 0.15) is 18.5 Å². The Hall–Kier alpha value is -3.56. The number of nitrogens with zero attached hydrogens (tertiary/aromatic N) is 3. The van der Waals surface area contributed by atoms with Crippen LogP contribution in [0.2, 0.25) is 0 Å². The number of urea groups is 1. The molecule has 208 valence electrons. The molecular weight excluding hydrogens is 550 g/mol. The van der Waals surface area contributed by atoms with E-state index in [1.54, 1.807) is 37.3 Å². The Morgan fingerprint density at radius 2 is 1.85 bits per heavy atom. The molecule has 4 N–H and O–H groups in total. The zero-order chi connectivity index (χ0) is 28.5. The highest BCUT2D eigenvalue weighted by Gasteiger charge is 2.68. The van der Waals surface area contributed by atoms with Crippen LogP contribution in [0.25, 0.3) is 0 Å². The molecule has 3 atom stereocenters. The summed E-state index contributed by atoms with van der Waals surface area (Å²) in [5, 5.41) is 24.0. The first-order chi connectivity index (χ1) is 18.6. The molecular formula is C24H27N5O8S2. The molecule has 2 saturated heterocycles. The zero-order valence-electron chi connectivity index (χ0n) is 21.1. The number of amides is 6. The number of carbonyl (C=O) groups is 6. The maximum atomic E-state index is 13.6. The van der Waals surface area contributed by atoms with E-state index in [9.17, 15) is 39.0 Å². The van der Waals surface area contributed by atoms with Crippen molar-refractivity contribution in [1.82, 2.24) is 25.3 Å². The molecule has 1 aromatic rings. The normalized spacial score (nSPS) is 23.7. The number of carbonyl (C=O) groups excluding carboxylic acids is 5. The van der Waals surface area contributed by atoms with Crippen molar-refractivity contribution in [2.75, 3.05) is 38.2 Å². The number of thioether (sulfide) groups is 2. The fourth-order valence-corrected chi connectivity index (χ4v) is 7.20. The number of hydrogen-bond donors (Lipinski definition) is 4. The Bertz CT molecular complexity index is 1260. The molecule has 0 aliphatic carbocycles. The Morgan fingerprint density at radius 3 is 2.44 bits per heavy atom. The molecule has 0 bridgehead atoms. The number of likely N-dealkylation sites (N-methyl/N-ethyl adjacent to an activating group) is 1. The van der Waals surface area contributed by atoms with Crippen LogP contribution in [0.3, 0.4) is 0 Å². The molecule has 2 fully saturated rings. The fraction of sp³-hybridized carbons (Fsp3) is 0.417. The lowest BCUT2D eigenvalue weighted by Crippen LogP contribution is -2.75. The van der Waals surface area contributed by atoms with E-state index in [0.717, 1.165) is 33.3 Å². The minimum atomic E-state index is -1.73. The molecule has 0 spiro atoms. The summed E-state index contributed by atoms with van der Waals surface area (Å²) in [4.78, 5) is 79.8. The minimum absolute atomic E-state index is 0.0415. The zero-order valence-corrected chi connectivity index (χ0v) is 22.7. The minimum Gasteiger partial charge on any atom is -0.480 e. The molecule has 15 heteroatoms. The summed E-state index contributed by atoms with van der Waals surface area (Å²) >= 11 is 2.05. The lowest BCUT2D eigenvalue weighted by Gasteiger charge is -2.54. The van der Waals surface area contributed by atoms with Gasteiger partial charge in [-0.2, -0.15) is 0 Å². The van der Waals surface area contributed by atoms with Gasteiger partial charge in [-0.25, -0.2) is 4.79 Å². The van der Waals surface area contributed by atoms with Crippen molar-refractivity contribution < 1.29 is 39.0 Å². The highest BCUT2D eigenvalue weighted by molar-refractivity contribution is 8.05. The number of fused-ring (bicyclic) bond motifs is 1. The number of piperazine rings is 1. The number of β-lactam (4-membered cyclic amide) rings is 1. The van der Waals surface area contributed by atoms with Gasteiger partial charge in [-0.1, -0.05) is 30.3 Å². The predicted octanol–water partition coefficient (Wildman–Crippen LogP) is -0.450. The van der Waals surface area contributed by atoms with Gasteiger partial charge in [-0.3, -0.25) is 33.8 Å².